The minimum atomic E-state index is -1.93. The SMILES string of the molecule is COc1ccc(C(O[C@]23C[C@H]2C[C@]2(O)[C@@H](F)[C@H](n4cc(C)c(=O)[nH]c4=O)O[C@@H]23)(c2ccccc2)c2ccc(OC)cc2)cc1. The molecule has 7 rings (SSSR count). The van der Waals surface area contributed by atoms with Crippen LogP contribution in [0.25, 0.3) is 0 Å². The van der Waals surface area contributed by atoms with Gasteiger partial charge in [0.2, 0.25) is 0 Å². The van der Waals surface area contributed by atoms with Gasteiger partial charge in [0.1, 0.15) is 34.4 Å². The van der Waals surface area contributed by atoms with Gasteiger partial charge >= 0.3 is 5.69 Å². The molecule has 0 bridgehead atoms. The Morgan fingerprint density at radius 2 is 1.48 bits per heavy atom. The fourth-order valence-corrected chi connectivity index (χ4v) is 7.21. The van der Waals surface area contributed by atoms with E-state index in [4.69, 9.17) is 18.9 Å². The molecule has 3 fully saturated rings. The van der Waals surface area contributed by atoms with Crippen LogP contribution in [0.3, 0.4) is 0 Å². The maximum Gasteiger partial charge on any atom is 0.330 e. The minimum Gasteiger partial charge on any atom is -0.497 e. The second-order valence-corrected chi connectivity index (χ2v) is 11.9. The van der Waals surface area contributed by atoms with Crippen molar-refractivity contribution >= 4 is 0 Å². The Bertz CT molecular complexity index is 1760. The van der Waals surface area contributed by atoms with Gasteiger partial charge in [-0.2, -0.15) is 0 Å². The number of benzene rings is 3. The van der Waals surface area contributed by atoms with Crippen LogP contribution < -0.4 is 20.7 Å². The highest BCUT2D eigenvalue weighted by Crippen LogP contribution is 2.70. The maximum absolute atomic E-state index is 16.2. The summed E-state index contributed by atoms with van der Waals surface area (Å²) < 4.78 is 41.8. The molecule has 0 amide bonds. The molecule has 3 aliphatic rings. The molecule has 1 aliphatic heterocycles. The summed E-state index contributed by atoms with van der Waals surface area (Å²) in [5, 5.41) is 11.9. The Labute approximate surface area is 252 Å². The second-order valence-electron chi connectivity index (χ2n) is 11.9. The van der Waals surface area contributed by atoms with Gasteiger partial charge in [0.25, 0.3) is 5.56 Å². The number of hydrogen-bond acceptors (Lipinski definition) is 7. The van der Waals surface area contributed by atoms with E-state index in [0.29, 0.717) is 17.9 Å². The molecule has 1 saturated heterocycles. The second kappa shape index (κ2) is 10.2. The van der Waals surface area contributed by atoms with E-state index in [2.05, 4.69) is 4.98 Å². The average molecular weight is 601 g/mol. The van der Waals surface area contributed by atoms with Crippen molar-refractivity contribution in [1.82, 2.24) is 9.55 Å². The van der Waals surface area contributed by atoms with Gasteiger partial charge in [-0.05, 0) is 66.6 Å². The molecule has 9 nitrogen and oxygen atoms in total. The highest BCUT2D eigenvalue weighted by atomic mass is 19.1. The number of aliphatic hydroxyl groups is 1. The average Bonchev–Trinajstić information content (AvgIpc) is 3.57. The zero-order valence-corrected chi connectivity index (χ0v) is 24.5. The summed E-state index contributed by atoms with van der Waals surface area (Å²) in [5.74, 6) is 1.16. The largest absolute Gasteiger partial charge is 0.497 e. The summed E-state index contributed by atoms with van der Waals surface area (Å²) >= 11 is 0. The minimum absolute atomic E-state index is 0.0997. The van der Waals surface area contributed by atoms with Crippen LogP contribution in [-0.4, -0.2) is 52.4 Å². The summed E-state index contributed by atoms with van der Waals surface area (Å²) in [7, 11) is 3.20. The Kier molecular flexibility index (Phi) is 6.58. The molecule has 0 spiro atoms. The van der Waals surface area contributed by atoms with E-state index < -0.39 is 46.6 Å². The van der Waals surface area contributed by atoms with Crippen LogP contribution in [0.1, 0.15) is 41.3 Å². The Morgan fingerprint density at radius 1 is 0.909 bits per heavy atom. The monoisotopic (exact) mass is 600 g/mol. The van der Waals surface area contributed by atoms with Crippen LogP contribution in [0.4, 0.5) is 4.39 Å². The molecule has 2 heterocycles. The summed E-state index contributed by atoms with van der Waals surface area (Å²) in [4.78, 5) is 27.0. The first-order valence-electron chi connectivity index (χ1n) is 14.5. The Morgan fingerprint density at radius 3 is 2.05 bits per heavy atom. The zero-order valence-electron chi connectivity index (χ0n) is 24.5. The third-order valence-electron chi connectivity index (χ3n) is 9.51. The van der Waals surface area contributed by atoms with Crippen LogP contribution in [0.2, 0.25) is 0 Å². The van der Waals surface area contributed by atoms with Crippen molar-refractivity contribution in [2.75, 3.05) is 14.2 Å². The Balaban J connectivity index is 1.38. The molecule has 2 N–H and O–H groups in total. The van der Waals surface area contributed by atoms with Crippen molar-refractivity contribution in [3.63, 3.8) is 0 Å². The van der Waals surface area contributed by atoms with Gasteiger partial charge < -0.3 is 24.1 Å². The van der Waals surface area contributed by atoms with Gasteiger partial charge in [-0.3, -0.25) is 14.3 Å². The third kappa shape index (κ3) is 4.08. The number of hydrogen-bond donors (Lipinski definition) is 2. The molecule has 3 aromatic carbocycles. The highest BCUT2D eigenvalue weighted by Gasteiger charge is 2.81. The quantitative estimate of drug-likeness (QED) is 0.294. The summed E-state index contributed by atoms with van der Waals surface area (Å²) in [6, 6.07) is 24.9. The van der Waals surface area contributed by atoms with Gasteiger partial charge in [-0.1, -0.05) is 54.6 Å². The topological polar surface area (TPSA) is 112 Å². The zero-order chi connectivity index (χ0) is 30.9. The molecule has 2 aliphatic carbocycles. The molecule has 1 aromatic heterocycles. The van der Waals surface area contributed by atoms with Crippen LogP contribution in [-0.2, 0) is 15.1 Å². The molecule has 228 valence electrons. The van der Waals surface area contributed by atoms with E-state index in [1.165, 1.54) is 13.1 Å². The molecule has 4 aromatic rings. The number of ether oxygens (including phenoxy) is 4. The Hall–Kier alpha value is -4.25. The van der Waals surface area contributed by atoms with E-state index in [-0.39, 0.29) is 17.9 Å². The fraction of sp³-hybridized carbons (Fsp3) is 0.353. The van der Waals surface area contributed by atoms with E-state index in [1.807, 2.05) is 78.9 Å². The summed E-state index contributed by atoms with van der Waals surface area (Å²) in [6.45, 7) is 1.52. The normalized spacial score (nSPS) is 28.8. The van der Waals surface area contributed by atoms with Gasteiger partial charge in [0, 0.05) is 11.8 Å². The van der Waals surface area contributed by atoms with E-state index in [1.54, 1.807) is 14.2 Å². The predicted octanol–water partition coefficient (Wildman–Crippen LogP) is 4.00. The number of fused-ring (bicyclic) bond motifs is 3. The molecular weight excluding hydrogens is 567 g/mol. The molecule has 10 heteroatoms. The fourth-order valence-electron chi connectivity index (χ4n) is 7.21. The number of nitrogens with zero attached hydrogens (tertiary/aromatic N) is 1. The number of rotatable bonds is 8. The first-order chi connectivity index (χ1) is 21.2. The maximum atomic E-state index is 16.2. The lowest BCUT2D eigenvalue weighted by Crippen LogP contribution is -2.51. The number of nitrogens with one attached hydrogen (secondary N) is 1. The van der Waals surface area contributed by atoms with E-state index in [0.717, 1.165) is 21.3 Å². The van der Waals surface area contributed by atoms with Gasteiger partial charge in [0.05, 0.1) is 14.2 Å². The molecule has 0 radical (unpaired) electrons. The van der Waals surface area contributed by atoms with Crippen molar-refractivity contribution in [3.8, 4) is 11.5 Å². The van der Waals surface area contributed by atoms with Crippen LogP contribution in [0, 0.1) is 12.8 Å². The van der Waals surface area contributed by atoms with Crippen molar-refractivity contribution in [2.45, 2.75) is 55.1 Å². The number of alkyl halides is 1. The molecule has 6 atom stereocenters. The number of halogens is 1. The van der Waals surface area contributed by atoms with Crippen molar-refractivity contribution in [2.24, 2.45) is 5.92 Å². The smallest absolute Gasteiger partial charge is 0.330 e. The van der Waals surface area contributed by atoms with E-state index >= 15 is 4.39 Å². The first kappa shape index (κ1) is 28.5. The van der Waals surface area contributed by atoms with Crippen LogP contribution in [0.15, 0.2) is 94.6 Å². The van der Waals surface area contributed by atoms with Crippen LogP contribution >= 0.6 is 0 Å². The lowest BCUT2D eigenvalue weighted by atomic mass is 9.79. The molecule has 0 unspecified atom stereocenters. The van der Waals surface area contributed by atoms with E-state index in [9.17, 15) is 14.7 Å². The highest BCUT2D eigenvalue weighted by molar-refractivity contribution is 5.51. The summed E-state index contributed by atoms with van der Waals surface area (Å²) in [6.07, 6.45) is -2.56. The number of aromatic nitrogens is 2. The van der Waals surface area contributed by atoms with Gasteiger partial charge in [-0.25, -0.2) is 9.18 Å². The third-order valence-corrected chi connectivity index (χ3v) is 9.51. The molecule has 2 saturated carbocycles. The standard InChI is InChI=1S/C34H33FN2O7/c1-20-19-37(31(39)36-28(20)38)29-27(35)32(40)17-24-18-33(24,30(32)43-29)44-34(21-7-5-4-6-8-21,22-9-13-25(41-2)14-10-22)23-11-15-26(42-3)16-12-23/h4-16,19,24,27,29-30,40H,17-18H2,1-3H3,(H,36,38,39)/t24-,27+,29-,30+,32+,33-/m1/s1. The van der Waals surface area contributed by atoms with Crippen molar-refractivity contribution < 1.29 is 28.4 Å². The number of H-pyrrole nitrogens is 1. The lowest BCUT2D eigenvalue weighted by Gasteiger charge is -2.41. The van der Waals surface area contributed by atoms with Crippen molar-refractivity contribution in [1.29, 1.82) is 0 Å². The lowest BCUT2D eigenvalue weighted by molar-refractivity contribution is -0.164. The number of methoxy groups -OCH3 is 2. The summed E-state index contributed by atoms with van der Waals surface area (Å²) in [5.41, 5.74) is -2.93. The van der Waals surface area contributed by atoms with Gasteiger partial charge in [-0.15, -0.1) is 0 Å². The predicted molar refractivity (Wildman–Crippen MR) is 159 cm³/mol. The first-order valence-corrected chi connectivity index (χ1v) is 14.5. The molecular formula is C34H33FN2O7. The van der Waals surface area contributed by atoms with Crippen LogP contribution in [0.5, 0.6) is 11.5 Å². The van der Waals surface area contributed by atoms with Gasteiger partial charge in [0.15, 0.2) is 12.4 Å². The van der Waals surface area contributed by atoms with Crippen molar-refractivity contribution in [3.05, 3.63) is 128 Å². The number of aryl methyl sites for hydroxylation is 1. The number of aromatic amines is 1. The molecule has 44 heavy (non-hydrogen) atoms.